The SMILES string of the molecule is Cc1cccc(-c2ccccc2[SeH])c1. The van der Waals surface area contributed by atoms with Crippen molar-refractivity contribution in [1.29, 1.82) is 0 Å². The maximum atomic E-state index is 2.62. The van der Waals surface area contributed by atoms with E-state index in [-0.39, 0.29) is 0 Å². The molecule has 0 saturated heterocycles. The fraction of sp³-hybridized carbons (Fsp3) is 0.0769. The molecule has 0 aliphatic carbocycles. The minimum atomic E-state index is 1.27. The molecule has 0 nitrogen and oxygen atoms in total. The normalized spacial score (nSPS) is 10.1. The number of aryl methyl sites for hydroxylation is 1. The van der Waals surface area contributed by atoms with E-state index in [9.17, 15) is 0 Å². The molecule has 0 saturated carbocycles. The van der Waals surface area contributed by atoms with Gasteiger partial charge in [0.1, 0.15) is 0 Å². The molecule has 0 fully saturated rings. The third kappa shape index (κ3) is 1.89. The van der Waals surface area contributed by atoms with Gasteiger partial charge in [-0.25, -0.2) is 0 Å². The van der Waals surface area contributed by atoms with Crippen LogP contribution >= 0.6 is 0 Å². The Balaban J connectivity index is 2.55. The average Bonchev–Trinajstić information content (AvgIpc) is 2.18. The van der Waals surface area contributed by atoms with Gasteiger partial charge in [0.15, 0.2) is 0 Å². The second-order valence-electron chi connectivity index (χ2n) is 3.39. The Bertz CT molecular complexity index is 446. The van der Waals surface area contributed by atoms with Crippen molar-refractivity contribution in [3.8, 4) is 11.1 Å². The fourth-order valence-electron chi connectivity index (χ4n) is 1.53. The molecule has 0 heterocycles. The third-order valence-electron chi connectivity index (χ3n) is 2.23. The summed E-state index contributed by atoms with van der Waals surface area (Å²) in [6.07, 6.45) is 0. The van der Waals surface area contributed by atoms with Crippen molar-refractivity contribution in [2.75, 3.05) is 0 Å². The molecule has 2 aromatic carbocycles. The monoisotopic (exact) mass is 248 g/mol. The number of hydrogen-bond acceptors (Lipinski definition) is 0. The molecule has 0 atom stereocenters. The molecule has 0 bridgehead atoms. The van der Waals surface area contributed by atoms with Crippen molar-refractivity contribution in [2.45, 2.75) is 6.92 Å². The maximum absolute atomic E-state index is 2.62. The first-order valence-corrected chi connectivity index (χ1v) is 5.56. The molecule has 70 valence electrons. The van der Waals surface area contributed by atoms with Gasteiger partial charge in [-0.15, -0.1) is 0 Å². The van der Waals surface area contributed by atoms with Gasteiger partial charge < -0.3 is 0 Å². The summed E-state index contributed by atoms with van der Waals surface area (Å²) >= 11 is 2.62. The molecule has 0 amide bonds. The summed E-state index contributed by atoms with van der Waals surface area (Å²) in [5.74, 6) is 0. The van der Waals surface area contributed by atoms with Gasteiger partial charge >= 0.3 is 92.6 Å². The summed E-state index contributed by atoms with van der Waals surface area (Å²) in [5, 5.41) is 0. The molecule has 1 heteroatoms. The van der Waals surface area contributed by atoms with Gasteiger partial charge in [0.05, 0.1) is 0 Å². The Labute approximate surface area is 92.8 Å². The molecule has 2 aromatic rings. The first kappa shape index (κ1) is 9.51. The van der Waals surface area contributed by atoms with Crippen LogP contribution in [0, 0.1) is 6.92 Å². The predicted molar refractivity (Wildman–Crippen MR) is 63.4 cm³/mol. The molecular weight excluding hydrogens is 235 g/mol. The first-order chi connectivity index (χ1) is 6.77. The molecule has 2 rings (SSSR count). The van der Waals surface area contributed by atoms with Gasteiger partial charge in [-0.05, 0) is 0 Å². The molecule has 0 radical (unpaired) electrons. The summed E-state index contributed by atoms with van der Waals surface area (Å²) in [6, 6.07) is 17.0. The molecule has 0 spiro atoms. The van der Waals surface area contributed by atoms with Crippen LogP contribution in [0.4, 0.5) is 0 Å². The first-order valence-electron chi connectivity index (χ1n) is 4.62. The van der Waals surface area contributed by atoms with Crippen molar-refractivity contribution >= 4 is 20.5 Å². The minimum absolute atomic E-state index is 1.27. The fourth-order valence-corrected chi connectivity index (χ4v) is 2.14. The summed E-state index contributed by atoms with van der Waals surface area (Å²) < 4.78 is 1.27. The van der Waals surface area contributed by atoms with Crippen LogP contribution in [0.15, 0.2) is 48.5 Å². The topological polar surface area (TPSA) is 0 Å². The van der Waals surface area contributed by atoms with Gasteiger partial charge in [0.2, 0.25) is 0 Å². The number of rotatable bonds is 1. The van der Waals surface area contributed by atoms with Crippen LogP contribution in [-0.2, 0) is 0 Å². The number of hydrogen-bond donors (Lipinski definition) is 0. The Morgan fingerprint density at radius 1 is 0.929 bits per heavy atom. The van der Waals surface area contributed by atoms with Crippen molar-refractivity contribution in [1.82, 2.24) is 0 Å². The summed E-state index contributed by atoms with van der Waals surface area (Å²) in [6.45, 7) is 2.12. The quantitative estimate of drug-likeness (QED) is 0.678. The van der Waals surface area contributed by atoms with Crippen LogP contribution in [0.25, 0.3) is 11.1 Å². The molecule has 14 heavy (non-hydrogen) atoms. The van der Waals surface area contributed by atoms with E-state index in [1.807, 2.05) is 0 Å². The zero-order chi connectivity index (χ0) is 9.97. The van der Waals surface area contributed by atoms with E-state index in [1.54, 1.807) is 0 Å². The Morgan fingerprint density at radius 3 is 2.43 bits per heavy atom. The van der Waals surface area contributed by atoms with E-state index >= 15 is 0 Å². The second-order valence-corrected chi connectivity index (χ2v) is 4.40. The van der Waals surface area contributed by atoms with Crippen molar-refractivity contribution in [3.63, 3.8) is 0 Å². The molecule has 0 aliphatic heterocycles. The molecule has 0 aliphatic rings. The zero-order valence-corrected chi connectivity index (χ0v) is 9.94. The summed E-state index contributed by atoms with van der Waals surface area (Å²) in [4.78, 5) is 0. The molecule has 0 aromatic heterocycles. The Hall–Kier alpha value is -1.04. The predicted octanol–water partition coefficient (Wildman–Crippen LogP) is 2.19. The van der Waals surface area contributed by atoms with Gasteiger partial charge in [0, 0.05) is 0 Å². The summed E-state index contributed by atoms with van der Waals surface area (Å²) in [5.41, 5.74) is 3.90. The third-order valence-corrected chi connectivity index (χ3v) is 3.05. The van der Waals surface area contributed by atoms with Gasteiger partial charge in [-0.1, -0.05) is 0 Å². The van der Waals surface area contributed by atoms with E-state index in [4.69, 9.17) is 0 Å². The second kappa shape index (κ2) is 4.00. The van der Waals surface area contributed by atoms with E-state index in [0.29, 0.717) is 0 Å². The van der Waals surface area contributed by atoms with Crippen LogP contribution in [0.2, 0.25) is 0 Å². The molecule has 0 unspecified atom stereocenters. The van der Waals surface area contributed by atoms with Crippen LogP contribution in [0.3, 0.4) is 0 Å². The van der Waals surface area contributed by atoms with E-state index < -0.39 is 0 Å². The Morgan fingerprint density at radius 2 is 1.71 bits per heavy atom. The summed E-state index contributed by atoms with van der Waals surface area (Å²) in [7, 11) is 0. The van der Waals surface area contributed by atoms with Crippen molar-refractivity contribution in [2.24, 2.45) is 0 Å². The van der Waals surface area contributed by atoms with Crippen molar-refractivity contribution < 1.29 is 0 Å². The number of benzene rings is 2. The van der Waals surface area contributed by atoms with E-state index in [1.165, 1.54) is 21.2 Å². The molecular formula is C13H12Se. The standard InChI is InChI=1S/C13H12Se/c1-10-5-4-6-11(9-10)12-7-2-3-8-13(12)14/h2-9,14H,1H3. The van der Waals surface area contributed by atoms with Crippen LogP contribution in [0.5, 0.6) is 0 Å². The van der Waals surface area contributed by atoms with Crippen molar-refractivity contribution in [3.05, 3.63) is 54.1 Å². The average molecular weight is 247 g/mol. The van der Waals surface area contributed by atoms with Gasteiger partial charge in [-0.3, -0.25) is 0 Å². The molecule has 0 N–H and O–H groups in total. The van der Waals surface area contributed by atoms with Crippen LogP contribution in [0.1, 0.15) is 5.56 Å². The Kier molecular flexibility index (Phi) is 2.72. The van der Waals surface area contributed by atoms with Gasteiger partial charge in [-0.2, -0.15) is 0 Å². The van der Waals surface area contributed by atoms with Crippen LogP contribution < -0.4 is 4.46 Å². The van der Waals surface area contributed by atoms with E-state index in [2.05, 4.69) is 71.5 Å². The zero-order valence-electron chi connectivity index (χ0n) is 8.07. The van der Waals surface area contributed by atoms with Crippen LogP contribution in [-0.4, -0.2) is 16.0 Å². The van der Waals surface area contributed by atoms with E-state index in [0.717, 1.165) is 0 Å². The van der Waals surface area contributed by atoms with Gasteiger partial charge in [0.25, 0.3) is 0 Å².